The lowest BCUT2D eigenvalue weighted by atomic mass is 10.1. The van der Waals surface area contributed by atoms with E-state index in [0.29, 0.717) is 18.5 Å². The lowest BCUT2D eigenvalue weighted by Gasteiger charge is -2.15. The van der Waals surface area contributed by atoms with Gasteiger partial charge in [0.15, 0.2) is 0 Å². The monoisotopic (exact) mass is 287 g/mol. The van der Waals surface area contributed by atoms with E-state index in [9.17, 15) is 4.39 Å². The van der Waals surface area contributed by atoms with Crippen molar-refractivity contribution >= 4 is 0 Å². The van der Waals surface area contributed by atoms with Gasteiger partial charge in [-0.2, -0.15) is 0 Å². The van der Waals surface area contributed by atoms with Gasteiger partial charge in [-0.1, -0.05) is 11.8 Å². The van der Waals surface area contributed by atoms with Crippen LogP contribution in [0.3, 0.4) is 0 Å². The van der Waals surface area contributed by atoms with Crippen molar-refractivity contribution in [1.82, 2.24) is 4.90 Å². The standard InChI is InChI=1S/C17H18FNO2/c1-19(11-15-5-7-21-13-15)12-16-8-14(4-2-3-6-20)9-17(18)10-16/h5,7-10,13,20H,3,6,11-12H2,1H3. The SMILES string of the molecule is CN(Cc1ccoc1)Cc1cc(F)cc(C#CCCO)c1. The van der Waals surface area contributed by atoms with E-state index in [2.05, 4.69) is 16.7 Å². The van der Waals surface area contributed by atoms with E-state index in [0.717, 1.165) is 17.7 Å². The normalized spacial score (nSPS) is 10.5. The molecule has 4 heteroatoms. The van der Waals surface area contributed by atoms with Crippen LogP contribution in [0, 0.1) is 17.7 Å². The Morgan fingerprint density at radius 1 is 1.24 bits per heavy atom. The molecule has 0 aliphatic carbocycles. The molecule has 1 aromatic heterocycles. The molecule has 0 unspecified atom stereocenters. The smallest absolute Gasteiger partial charge is 0.124 e. The Morgan fingerprint density at radius 2 is 2.05 bits per heavy atom. The highest BCUT2D eigenvalue weighted by Gasteiger charge is 2.05. The number of hydrogen-bond acceptors (Lipinski definition) is 3. The molecular formula is C17H18FNO2. The third kappa shape index (κ3) is 5.07. The fraction of sp³-hybridized carbons (Fsp3) is 0.294. The van der Waals surface area contributed by atoms with Crippen molar-refractivity contribution in [1.29, 1.82) is 0 Å². The van der Waals surface area contributed by atoms with Crippen molar-refractivity contribution in [3.63, 3.8) is 0 Å². The summed E-state index contributed by atoms with van der Waals surface area (Å²) in [5.74, 6) is 5.37. The molecule has 0 radical (unpaired) electrons. The number of benzene rings is 1. The van der Waals surface area contributed by atoms with Crippen LogP contribution in [0.15, 0.2) is 41.2 Å². The van der Waals surface area contributed by atoms with Gasteiger partial charge in [-0.25, -0.2) is 4.39 Å². The molecule has 0 spiro atoms. The van der Waals surface area contributed by atoms with E-state index in [1.807, 2.05) is 19.2 Å². The number of aliphatic hydroxyl groups is 1. The molecule has 0 fully saturated rings. The van der Waals surface area contributed by atoms with Crippen LogP contribution in [-0.4, -0.2) is 23.7 Å². The van der Waals surface area contributed by atoms with Crippen LogP contribution in [0.4, 0.5) is 4.39 Å². The summed E-state index contributed by atoms with van der Waals surface area (Å²) in [5.41, 5.74) is 2.58. The molecule has 110 valence electrons. The second kappa shape index (κ2) is 7.63. The number of furan rings is 1. The highest BCUT2D eigenvalue weighted by molar-refractivity contribution is 5.37. The Labute approximate surface area is 124 Å². The Kier molecular flexibility index (Phi) is 5.56. The van der Waals surface area contributed by atoms with Crippen molar-refractivity contribution in [3.8, 4) is 11.8 Å². The Morgan fingerprint density at radius 3 is 2.76 bits per heavy atom. The summed E-state index contributed by atoms with van der Waals surface area (Å²) >= 11 is 0. The van der Waals surface area contributed by atoms with Gasteiger partial charge >= 0.3 is 0 Å². The maximum Gasteiger partial charge on any atom is 0.124 e. The van der Waals surface area contributed by atoms with Gasteiger partial charge in [0, 0.05) is 30.6 Å². The van der Waals surface area contributed by atoms with Crippen LogP contribution in [0.1, 0.15) is 23.1 Å². The zero-order valence-electron chi connectivity index (χ0n) is 12.0. The summed E-state index contributed by atoms with van der Waals surface area (Å²) in [6.07, 6.45) is 3.74. The molecule has 1 aromatic carbocycles. The van der Waals surface area contributed by atoms with Gasteiger partial charge in [0.05, 0.1) is 19.1 Å². The fourth-order valence-electron chi connectivity index (χ4n) is 2.10. The number of nitrogens with zero attached hydrogens (tertiary/aromatic N) is 1. The fourth-order valence-corrected chi connectivity index (χ4v) is 2.10. The molecule has 2 rings (SSSR count). The first-order valence-electron chi connectivity index (χ1n) is 6.76. The van der Waals surface area contributed by atoms with Gasteiger partial charge in [0.25, 0.3) is 0 Å². The van der Waals surface area contributed by atoms with Crippen molar-refractivity contribution in [3.05, 3.63) is 59.3 Å². The summed E-state index contributed by atoms with van der Waals surface area (Å²) in [4.78, 5) is 2.07. The van der Waals surface area contributed by atoms with E-state index >= 15 is 0 Å². The van der Waals surface area contributed by atoms with E-state index in [4.69, 9.17) is 9.52 Å². The zero-order valence-corrected chi connectivity index (χ0v) is 12.0. The first-order valence-corrected chi connectivity index (χ1v) is 6.76. The molecule has 1 N–H and O–H groups in total. The van der Waals surface area contributed by atoms with Gasteiger partial charge in [-0.15, -0.1) is 0 Å². The van der Waals surface area contributed by atoms with Crippen LogP contribution in [0.25, 0.3) is 0 Å². The van der Waals surface area contributed by atoms with Gasteiger partial charge in [0.2, 0.25) is 0 Å². The van der Waals surface area contributed by atoms with E-state index in [1.54, 1.807) is 12.5 Å². The van der Waals surface area contributed by atoms with Crippen LogP contribution in [0.2, 0.25) is 0 Å². The maximum absolute atomic E-state index is 13.6. The molecule has 0 bridgehead atoms. The Hall–Kier alpha value is -2.09. The van der Waals surface area contributed by atoms with Crippen LogP contribution >= 0.6 is 0 Å². The van der Waals surface area contributed by atoms with Gasteiger partial charge in [-0.3, -0.25) is 4.90 Å². The molecule has 3 nitrogen and oxygen atoms in total. The largest absolute Gasteiger partial charge is 0.472 e. The zero-order chi connectivity index (χ0) is 15.1. The lowest BCUT2D eigenvalue weighted by Crippen LogP contribution is -2.17. The third-order valence-corrected chi connectivity index (χ3v) is 2.91. The number of aliphatic hydroxyl groups excluding tert-OH is 1. The molecule has 0 aliphatic heterocycles. The minimum atomic E-state index is -0.294. The van der Waals surface area contributed by atoms with E-state index < -0.39 is 0 Å². The van der Waals surface area contributed by atoms with Crippen molar-refractivity contribution in [2.24, 2.45) is 0 Å². The Balaban J connectivity index is 2.04. The highest BCUT2D eigenvalue weighted by atomic mass is 19.1. The summed E-state index contributed by atoms with van der Waals surface area (Å²) in [7, 11) is 1.97. The van der Waals surface area contributed by atoms with Gasteiger partial charge in [-0.05, 0) is 36.9 Å². The molecule has 0 atom stereocenters. The first kappa shape index (κ1) is 15.3. The molecule has 0 saturated carbocycles. The molecule has 1 heterocycles. The lowest BCUT2D eigenvalue weighted by molar-refractivity contribution is 0.305. The summed E-state index contributed by atoms with van der Waals surface area (Å²) in [6.45, 7) is 1.37. The average molecular weight is 287 g/mol. The van der Waals surface area contributed by atoms with Crippen molar-refractivity contribution < 1.29 is 13.9 Å². The minimum Gasteiger partial charge on any atom is -0.472 e. The molecule has 21 heavy (non-hydrogen) atoms. The van der Waals surface area contributed by atoms with Crippen molar-refractivity contribution in [2.75, 3.05) is 13.7 Å². The van der Waals surface area contributed by atoms with E-state index in [-0.39, 0.29) is 12.4 Å². The molecule has 0 saturated heterocycles. The molecule has 0 aliphatic rings. The van der Waals surface area contributed by atoms with Gasteiger partial charge in [0.1, 0.15) is 5.82 Å². The number of hydrogen-bond donors (Lipinski definition) is 1. The predicted octanol–water partition coefficient (Wildman–Crippen LogP) is 2.78. The minimum absolute atomic E-state index is 0.0165. The summed E-state index contributed by atoms with van der Waals surface area (Å²) in [5, 5.41) is 8.70. The third-order valence-electron chi connectivity index (χ3n) is 2.91. The quantitative estimate of drug-likeness (QED) is 0.859. The molecule has 2 aromatic rings. The average Bonchev–Trinajstić information content (AvgIpc) is 2.91. The number of halogens is 1. The van der Waals surface area contributed by atoms with E-state index in [1.165, 1.54) is 12.1 Å². The van der Waals surface area contributed by atoms with Crippen LogP contribution in [0.5, 0.6) is 0 Å². The molecule has 0 amide bonds. The van der Waals surface area contributed by atoms with Crippen molar-refractivity contribution in [2.45, 2.75) is 19.5 Å². The second-order valence-electron chi connectivity index (χ2n) is 4.93. The summed E-state index contributed by atoms with van der Waals surface area (Å²) in [6, 6.07) is 6.71. The van der Waals surface area contributed by atoms with Crippen LogP contribution < -0.4 is 0 Å². The predicted molar refractivity (Wildman–Crippen MR) is 78.9 cm³/mol. The first-order chi connectivity index (χ1) is 10.2. The summed E-state index contributed by atoms with van der Waals surface area (Å²) < 4.78 is 18.6. The maximum atomic E-state index is 13.6. The van der Waals surface area contributed by atoms with Gasteiger partial charge < -0.3 is 9.52 Å². The second-order valence-corrected chi connectivity index (χ2v) is 4.93. The highest BCUT2D eigenvalue weighted by Crippen LogP contribution is 2.12. The Bertz CT molecular complexity index is 626. The number of rotatable bonds is 5. The topological polar surface area (TPSA) is 36.6 Å². The van der Waals surface area contributed by atoms with Crippen LogP contribution in [-0.2, 0) is 13.1 Å². The molecular weight excluding hydrogens is 269 g/mol.